The van der Waals surface area contributed by atoms with Crippen LogP contribution >= 0.6 is 7.60 Å². The van der Waals surface area contributed by atoms with E-state index in [4.69, 9.17) is 9.79 Å². The molecule has 2 N–H and O–H groups in total. The van der Waals surface area contributed by atoms with Gasteiger partial charge in [0.2, 0.25) is 0 Å². The summed E-state index contributed by atoms with van der Waals surface area (Å²) in [6.45, 7) is 0.717. The Bertz CT molecular complexity index is 372. The zero-order chi connectivity index (χ0) is 12.2. The highest BCUT2D eigenvalue weighted by molar-refractivity contribution is 7.51. The molecule has 16 heavy (non-hydrogen) atoms. The summed E-state index contributed by atoms with van der Waals surface area (Å²) in [5.41, 5.74) is 1.15. The monoisotopic (exact) mass is 244 g/mol. The van der Waals surface area contributed by atoms with Gasteiger partial charge in [0.05, 0.1) is 26.8 Å². The smallest absolute Gasteiger partial charge is 0.324 e. The average Bonchev–Trinajstić information content (AvgIpc) is 2.17. The van der Waals surface area contributed by atoms with Gasteiger partial charge in [-0.1, -0.05) is 18.2 Å². The van der Waals surface area contributed by atoms with Crippen molar-refractivity contribution in [2.45, 2.75) is 6.42 Å². The van der Waals surface area contributed by atoms with Crippen LogP contribution in [0.4, 0.5) is 5.69 Å². The third-order valence-electron chi connectivity index (χ3n) is 2.62. The van der Waals surface area contributed by atoms with E-state index in [1.54, 1.807) is 0 Å². The zero-order valence-electron chi connectivity index (χ0n) is 9.71. The molecule has 0 aliphatic heterocycles. The summed E-state index contributed by atoms with van der Waals surface area (Å²) >= 11 is 0. The van der Waals surface area contributed by atoms with Crippen molar-refractivity contribution in [2.75, 3.05) is 26.8 Å². The maximum absolute atomic E-state index is 10.7. The van der Waals surface area contributed by atoms with Crippen LogP contribution in [0, 0.1) is 0 Å². The van der Waals surface area contributed by atoms with Crippen molar-refractivity contribution in [3.05, 3.63) is 30.3 Å². The van der Waals surface area contributed by atoms with E-state index >= 15 is 0 Å². The predicted octanol–water partition coefficient (Wildman–Crippen LogP) is 1.82. The SMILES string of the molecule is C[N+](C)(CCCP(=O)(O)O)c1ccccc1. The van der Waals surface area contributed by atoms with Crippen LogP contribution in [0.2, 0.25) is 0 Å². The Morgan fingerprint density at radius 2 is 1.75 bits per heavy atom. The molecule has 1 aromatic rings. The summed E-state index contributed by atoms with van der Waals surface area (Å²) < 4.78 is 11.4. The quantitative estimate of drug-likeness (QED) is 0.613. The molecule has 0 unspecified atom stereocenters. The fourth-order valence-corrected chi connectivity index (χ4v) is 2.19. The van der Waals surface area contributed by atoms with Crippen LogP contribution in [-0.2, 0) is 4.57 Å². The van der Waals surface area contributed by atoms with Gasteiger partial charge in [-0.2, -0.15) is 0 Å². The Balaban J connectivity index is 2.56. The van der Waals surface area contributed by atoms with E-state index in [0.717, 1.165) is 12.2 Å². The summed E-state index contributed by atoms with van der Waals surface area (Å²) in [7, 11) is 0.220. The van der Waals surface area contributed by atoms with Crippen LogP contribution in [0.15, 0.2) is 30.3 Å². The van der Waals surface area contributed by atoms with Crippen molar-refractivity contribution in [1.82, 2.24) is 4.48 Å². The van der Waals surface area contributed by atoms with E-state index < -0.39 is 7.60 Å². The van der Waals surface area contributed by atoms with Crippen LogP contribution < -0.4 is 4.48 Å². The largest absolute Gasteiger partial charge is 0.325 e. The lowest BCUT2D eigenvalue weighted by Gasteiger charge is -2.29. The maximum Gasteiger partial charge on any atom is 0.325 e. The highest BCUT2D eigenvalue weighted by Gasteiger charge is 2.20. The molecule has 0 heterocycles. The first-order valence-corrected chi connectivity index (χ1v) is 7.04. The molecule has 5 heteroatoms. The van der Waals surface area contributed by atoms with Crippen molar-refractivity contribution in [2.24, 2.45) is 0 Å². The Labute approximate surface area is 96.3 Å². The lowest BCUT2D eigenvalue weighted by Crippen LogP contribution is -2.41. The van der Waals surface area contributed by atoms with Gasteiger partial charge >= 0.3 is 7.60 Å². The molecule has 0 aromatic heterocycles. The van der Waals surface area contributed by atoms with Crippen molar-refractivity contribution in [3.8, 4) is 0 Å². The van der Waals surface area contributed by atoms with Crippen molar-refractivity contribution in [1.29, 1.82) is 0 Å². The first kappa shape index (κ1) is 13.4. The van der Waals surface area contributed by atoms with Crippen molar-refractivity contribution in [3.63, 3.8) is 0 Å². The number of benzene rings is 1. The lowest BCUT2D eigenvalue weighted by atomic mass is 10.2. The topological polar surface area (TPSA) is 57.5 Å². The molecule has 0 saturated heterocycles. The molecule has 0 spiro atoms. The fourth-order valence-electron chi connectivity index (χ4n) is 1.63. The molecular formula is C11H19NO3P+. The molecule has 90 valence electrons. The molecule has 0 aliphatic carbocycles. The number of hydrogen-bond donors (Lipinski definition) is 2. The Hall–Kier alpha value is -0.670. The summed E-state index contributed by atoms with van der Waals surface area (Å²) in [5.74, 6) is 0. The number of nitrogens with zero attached hydrogens (tertiary/aromatic N) is 1. The van der Waals surface area contributed by atoms with E-state index in [9.17, 15) is 4.57 Å². The van der Waals surface area contributed by atoms with Crippen LogP contribution in [-0.4, -0.2) is 36.6 Å². The van der Waals surface area contributed by atoms with E-state index in [-0.39, 0.29) is 6.16 Å². The summed E-state index contributed by atoms with van der Waals surface area (Å²) in [5, 5.41) is 0. The number of quaternary nitrogens is 1. The molecule has 4 nitrogen and oxygen atoms in total. The molecule has 0 fully saturated rings. The maximum atomic E-state index is 10.7. The molecule has 0 atom stereocenters. The van der Waals surface area contributed by atoms with Gasteiger partial charge < -0.3 is 9.79 Å². The second-order valence-corrected chi connectivity index (χ2v) is 6.26. The third kappa shape index (κ3) is 4.45. The van der Waals surface area contributed by atoms with Gasteiger partial charge in [-0.3, -0.25) is 9.05 Å². The summed E-state index contributed by atoms with van der Waals surface area (Å²) in [6, 6.07) is 9.95. The first-order chi connectivity index (χ1) is 7.31. The lowest BCUT2D eigenvalue weighted by molar-refractivity contribution is 0.359. The van der Waals surface area contributed by atoms with Gasteiger partial charge in [0, 0.05) is 6.42 Å². The van der Waals surface area contributed by atoms with Gasteiger partial charge in [0.1, 0.15) is 5.69 Å². The molecule has 0 saturated carbocycles. The Kier molecular flexibility index (Phi) is 4.28. The summed E-state index contributed by atoms with van der Waals surface area (Å²) in [6.07, 6.45) is 0.480. The number of hydrogen-bond acceptors (Lipinski definition) is 1. The average molecular weight is 244 g/mol. The molecule has 0 aliphatic rings. The van der Waals surface area contributed by atoms with Gasteiger partial charge in [0.25, 0.3) is 0 Å². The molecule has 0 bridgehead atoms. The molecular weight excluding hydrogens is 225 g/mol. The molecule has 0 radical (unpaired) electrons. The highest BCUT2D eigenvalue weighted by atomic mass is 31.2. The zero-order valence-corrected chi connectivity index (χ0v) is 10.6. The van der Waals surface area contributed by atoms with E-state index in [1.165, 1.54) is 0 Å². The van der Waals surface area contributed by atoms with Crippen LogP contribution in [0.25, 0.3) is 0 Å². The van der Waals surface area contributed by atoms with E-state index in [2.05, 4.69) is 0 Å². The van der Waals surface area contributed by atoms with E-state index in [1.807, 2.05) is 44.4 Å². The molecule has 0 amide bonds. The number of para-hydroxylation sites is 1. The number of rotatable bonds is 5. The minimum atomic E-state index is -3.85. The summed E-state index contributed by atoms with van der Waals surface area (Å²) in [4.78, 5) is 17.6. The van der Waals surface area contributed by atoms with Gasteiger partial charge in [-0.25, -0.2) is 0 Å². The van der Waals surface area contributed by atoms with Crippen LogP contribution in [0.5, 0.6) is 0 Å². The Morgan fingerprint density at radius 1 is 1.19 bits per heavy atom. The van der Waals surface area contributed by atoms with Gasteiger partial charge in [0.15, 0.2) is 0 Å². The Morgan fingerprint density at radius 3 is 2.25 bits per heavy atom. The van der Waals surface area contributed by atoms with Crippen LogP contribution in [0.3, 0.4) is 0 Å². The van der Waals surface area contributed by atoms with Crippen molar-refractivity contribution < 1.29 is 14.4 Å². The standard InChI is InChI=1S/C11H18NO3P/c1-12(2,9-6-10-16(13,14)15)11-7-4-3-5-8-11/h3-5,7-8H,6,9-10H2,1-2H3,(H-,13,14,15)/p+1. The van der Waals surface area contributed by atoms with Gasteiger partial charge in [-0.15, -0.1) is 0 Å². The second kappa shape index (κ2) is 5.11. The predicted molar refractivity (Wildman–Crippen MR) is 66.5 cm³/mol. The molecule has 1 aromatic carbocycles. The molecule has 1 rings (SSSR count). The third-order valence-corrected chi connectivity index (χ3v) is 3.52. The normalized spacial score (nSPS) is 12.8. The van der Waals surface area contributed by atoms with Crippen molar-refractivity contribution >= 4 is 13.3 Å². The highest BCUT2D eigenvalue weighted by Crippen LogP contribution is 2.35. The minimum Gasteiger partial charge on any atom is -0.324 e. The first-order valence-electron chi connectivity index (χ1n) is 5.24. The second-order valence-electron chi connectivity index (χ2n) is 4.49. The van der Waals surface area contributed by atoms with E-state index in [0.29, 0.717) is 10.9 Å². The minimum absolute atomic E-state index is 0.0402. The van der Waals surface area contributed by atoms with Gasteiger partial charge in [-0.05, 0) is 12.1 Å². The van der Waals surface area contributed by atoms with Crippen LogP contribution in [0.1, 0.15) is 6.42 Å². The fraction of sp³-hybridized carbons (Fsp3) is 0.455.